The normalized spacial score (nSPS) is 15.6. The highest BCUT2D eigenvalue weighted by molar-refractivity contribution is 5.84. The van der Waals surface area contributed by atoms with Crippen molar-refractivity contribution in [3.8, 4) is 0 Å². The highest BCUT2D eigenvalue weighted by Crippen LogP contribution is 2.30. The quantitative estimate of drug-likeness (QED) is 0.727. The number of rotatable bonds is 3. The van der Waals surface area contributed by atoms with E-state index in [1.807, 2.05) is 19.9 Å². The maximum absolute atomic E-state index is 11.5. The molecule has 74 valence electrons. The van der Waals surface area contributed by atoms with Crippen molar-refractivity contribution in [2.45, 2.75) is 33.1 Å². The average Bonchev–Trinajstić information content (AvgIpc) is 2.82. The lowest BCUT2D eigenvalue weighted by Crippen LogP contribution is -2.09. The van der Waals surface area contributed by atoms with Gasteiger partial charge in [-0.1, -0.05) is 0 Å². The van der Waals surface area contributed by atoms with Crippen LogP contribution in [0.2, 0.25) is 0 Å². The van der Waals surface area contributed by atoms with Crippen LogP contribution < -0.4 is 0 Å². The summed E-state index contributed by atoms with van der Waals surface area (Å²) in [6, 6.07) is 1.92. The fourth-order valence-corrected chi connectivity index (χ4v) is 1.58. The zero-order valence-electron chi connectivity index (χ0n) is 8.58. The molecule has 1 fully saturated rings. The second-order valence-corrected chi connectivity index (χ2v) is 3.98. The summed E-state index contributed by atoms with van der Waals surface area (Å²) in [5.74, 6) is 1.29. The Morgan fingerprint density at radius 3 is 2.43 bits per heavy atom. The topological polar surface area (TPSA) is 42.9 Å². The molecule has 0 unspecified atom stereocenters. The summed E-state index contributed by atoms with van der Waals surface area (Å²) in [4.78, 5) is 20.0. The number of hydrogen-bond acceptors (Lipinski definition) is 3. The van der Waals surface area contributed by atoms with E-state index in [2.05, 4.69) is 9.97 Å². The van der Waals surface area contributed by atoms with Crippen LogP contribution in [0.4, 0.5) is 0 Å². The van der Waals surface area contributed by atoms with E-state index in [-0.39, 0.29) is 0 Å². The predicted octanol–water partition coefficient (Wildman–Crippen LogP) is 1.62. The second-order valence-electron chi connectivity index (χ2n) is 3.98. The van der Waals surface area contributed by atoms with Crippen molar-refractivity contribution in [2.75, 3.05) is 0 Å². The van der Waals surface area contributed by atoms with Crippen molar-refractivity contribution in [2.24, 2.45) is 5.92 Å². The lowest BCUT2D eigenvalue weighted by molar-refractivity contribution is -0.119. The van der Waals surface area contributed by atoms with Crippen molar-refractivity contribution in [1.82, 2.24) is 9.97 Å². The van der Waals surface area contributed by atoms with Gasteiger partial charge < -0.3 is 0 Å². The molecule has 0 saturated heterocycles. The van der Waals surface area contributed by atoms with Crippen molar-refractivity contribution in [3.63, 3.8) is 0 Å². The van der Waals surface area contributed by atoms with E-state index in [1.165, 1.54) is 0 Å². The molecule has 0 atom stereocenters. The molecule has 1 aliphatic carbocycles. The third-order valence-electron chi connectivity index (χ3n) is 2.39. The Morgan fingerprint density at radius 1 is 1.36 bits per heavy atom. The summed E-state index contributed by atoms with van der Waals surface area (Å²) >= 11 is 0. The van der Waals surface area contributed by atoms with Gasteiger partial charge in [0.2, 0.25) is 0 Å². The molecule has 1 aromatic rings. The van der Waals surface area contributed by atoms with Crippen LogP contribution in [-0.4, -0.2) is 15.8 Å². The van der Waals surface area contributed by atoms with E-state index in [4.69, 9.17) is 0 Å². The number of ketones is 1. The van der Waals surface area contributed by atoms with Crippen molar-refractivity contribution in [3.05, 3.63) is 23.3 Å². The smallest absolute Gasteiger partial charge is 0.143 e. The molecule has 1 aromatic heterocycles. The summed E-state index contributed by atoms with van der Waals surface area (Å²) in [6.45, 7) is 3.86. The first-order chi connectivity index (χ1) is 6.65. The van der Waals surface area contributed by atoms with E-state index >= 15 is 0 Å². The Morgan fingerprint density at radius 2 is 1.93 bits per heavy atom. The Bertz CT molecular complexity index is 349. The molecule has 0 radical (unpaired) electrons. The van der Waals surface area contributed by atoms with E-state index in [0.717, 1.165) is 24.2 Å². The van der Waals surface area contributed by atoms with Gasteiger partial charge in [-0.15, -0.1) is 0 Å². The molecule has 2 rings (SSSR count). The monoisotopic (exact) mass is 190 g/mol. The maximum atomic E-state index is 11.5. The fourth-order valence-electron chi connectivity index (χ4n) is 1.58. The largest absolute Gasteiger partial charge is 0.299 e. The number of aromatic nitrogens is 2. The zero-order chi connectivity index (χ0) is 10.1. The highest BCUT2D eigenvalue weighted by Gasteiger charge is 2.29. The maximum Gasteiger partial charge on any atom is 0.143 e. The van der Waals surface area contributed by atoms with Gasteiger partial charge in [0.25, 0.3) is 0 Å². The Balaban J connectivity index is 2.11. The van der Waals surface area contributed by atoms with Gasteiger partial charge >= 0.3 is 0 Å². The van der Waals surface area contributed by atoms with Crippen LogP contribution in [0.3, 0.4) is 0 Å². The minimum Gasteiger partial charge on any atom is -0.299 e. The van der Waals surface area contributed by atoms with Gasteiger partial charge in [-0.3, -0.25) is 4.79 Å². The summed E-state index contributed by atoms with van der Waals surface area (Å²) in [5.41, 5.74) is 1.88. The lowest BCUT2D eigenvalue weighted by Gasteiger charge is -2.01. The number of Topliss-reactive ketones (excluding diaryl/α,β-unsaturated/α-hetero) is 1. The lowest BCUT2D eigenvalue weighted by atomic mass is 10.2. The predicted molar refractivity (Wildman–Crippen MR) is 52.9 cm³/mol. The van der Waals surface area contributed by atoms with E-state index in [1.54, 1.807) is 0 Å². The molecule has 3 heteroatoms. The Kier molecular flexibility index (Phi) is 2.32. The third kappa shape index (κ3) is 2.16. The van der Waals surface area contributed by atoms with Gasteiger partial charge in [0.15, 0.2) is 0 Å². The second kappa shape index (κ2) is 3.48. The minimum absolute atomic E-state index is 0.301. The van der Waals surface area contributed by atoms with E-state index in [0.29, 0.717) is 23.9 Å². The molecule has 0 aromatic carbocycles. The molecule has 0 bridgehead atoms. The van der Waals surface area contributed by atoms with Gasteiger partial charge in [-0.2, -0.15) is 0 Å². The summed E-state index contributed by atoms with van der Waals surface area (Å²) in [6.07, 6.45) is 2.53. The third-order valence-corrected chi connectivity index (χ3v) is 2.39. The number of aryl methyl sites for hydroxylation is 2. The average molecular weight is 190 g/mol. The van der Waals surface area contributed by atoms with Crippen LogP contribution in [0.5, 0.6) is 0 Å². The number of nitrogens with zero attached hydrogens (tertiary/aromatic N) is 2. The summed E-state index contributed by atoms with van der Waals surface area (Å²) < 4.78 is 0. The number of carbonyl (C=O) groups excluding carboxylic acids is 1. The molecule has 0 aliphatic heterocycles. The van der Waals surface area contributed by atoms with Crippen LogP contribution in [0.1, 0.15) is 30.1 Å². The first kappa shape index (κ1) is 9.31. The Hall–Kier alpha value is -1.25. The Labute approximate surface area is 83.6 Å². The van der Waals surface area contributed by atoms with Crippen LogP contribution in [-0.2, 0) is 11.2 Å². The zero-order valence-corrected chi connectivity index (χ0v) is 8.58. The highest BCUT2D eigenvalue weighted by atomic mass is 16.1. The first-order valence-electron chi connectivity index (χ1n) is 4.99. The molecule has 1 aliphatic rings. The van der Waals surface area contributed by atoms with Gasteiger partial charge in [0, 0.05) is 17.3 Å². The molecule has 0 amide bonds. The van der Waals surface area contributed by atoms with Gasteiger partial charge in [0.05, 0.1) is 6.42 Å². The van der Waals surface area contributed by atoms with Crippen LogP contribution in [0.25, 0.3) is 0 Å². The molecule has 1 saturated carbocycles. The van der Waals surface area contributed by atoms with Gasteiger partial charge in [0.1, 0.15) is 11.6 Å². The van der Waals surface area contributed by atoms with Crippen molar-refractivity contribution >= 4 is 5.78 Å². The van der Waals surface area contributed by atoms with Crippen LogP contribution in [0, 0.1) is 19.8 Å². The van der Waals surface area contributed by atoms with Gasteiger partial charge in [-0.25, -0.2) is 9.97 Å². The van der Waals surface area contributed by atoms with Gasteiger partial charge in [-0.05, 0) is 32.8 Å². The molecule has 14 heavy (non-hydrogen) atoms. The number of carbonyl (C=O) groups is 1. The SMILES string of the molecule is Cc1cc(C)nc(CC(=O)C2CC2)n1. The fraction of sp³-hybridized carbons (Fsp3) is 0.545. The molecule has 0 N–H and O–H groups in total. The van der Waals surface area contributed by atoms with E-state index < -0.39 is 0 Å². The molecular weight excluding hydrogens is 176 g/mol. The van der Waals surface area contributed by atoms with Crippen LogP contribution in [0.15, 0.2) is 6.07 Å². The van der Waals surface area contributed by atoms with Crippen LogP contribution >= 0.6 is 0 Å². The summed E-state index contributed by atoms with van der Waals surface area (Å²) in [7, 11) is 0. The van der Waals surface area contributed by atoms with Crippen molar-refractivity contribution < 1.29 is 4.79 Å². The standard InChI is InChI=1S/C11H14N2O/c1-7-5-8(2)13-11(12-7)6-10(14)9-3-4-9/h5,9H,3-4,6H2,1-2H3. The first-order valence-corrected chi connectivity index (χ1v) is 4.99. The molecule has 0 spiro atoms. The molecule has 1 heterocycles. The molecule has 3 nitrogen and oxygen atoms in total. The molecular formula is C11H14N2O. The van der Waals surface area contributed by atoms with E-state index in [9.17, 15) is 4.79 Å². The minimum atomic E-state index is 0.301. The van der Waals surface area contributed by atoms with Crippen molar-refractivity contribution in [1.29, 1.82) is 0 Å². The summed E-state index contributed by atoms with van der Waals surface area (Å²) in [5, 5.41) is 0. The number of hydrogen-bond donors (Lipinski definition) is 0.